The summed E-state index contributed by atoms with van der Waals surface area (Å²) in [5.41, 5.74) is 1.13. The minimum atomic E-state index is -0.361. The second-order valence-corrected chi connectivity index (χ2v) is 6.21. The van der Waals surface area contributed by atoms with Gasteiger partial charge in [0.2, 0.25) is 0 Å². The summed E-state index contributed by atoms with van der Waals surface area (Å²) in [4.78, 5) is 13.8. The van der Waals surface area contributed by atoms with E-state index >= 15 is 0 Å². The number of hydrogen-bond acceptors (Lipinski definition) is 3. The van der Waals surface area contributed by atoms with Crippen molar-refractivity contribution in [3.63, 3.8) is 0 Å². The summed E-state index contributed by atoms with van der Waals surface area (Å²) in [6.45, 7) is 5.13. The monoisotopic (exact) mass is 341 g/mol. The zero-order valence-corrected chi connectivity index (χ0v) is 13.4. The normalized spacial score (nSPS) is 20.0. The first-order chi connectivity index (χ1) is 9.47. The van der Waals surface area contributed by atoms with Crippen LogP contribution in [0.5, 0.6) is 5.75 Å². The van der Waals surface area contributed by atoms with Crippen LogP contribution in [0.2, 0.25) is 0 Å². The molecule has 0 spiro atoms. The number of ether oxygens (including phenoxy) is 1. The molecule has 0 aromatic heterocycles. The topological polar surface area (TPSA) is 49.8 Å². The number of carbonyl (C=O) groups is 1. The van der Waals surface area contributed by atoms with Crippen LogP contribution >= 0.6 is 15.9 Å². The molecule has 2 unspecified atom stereocenters. The third-order valence-electron chi connectivity index (χ3n) is 3.70. The van der Waals surface area contributed by atoms with E-state index in [0.717, 1.165) is 16.5 Å². The Balaban J connectivity index is 1.86. The van der Waals surface area contributed by atoms with Crippen molar-refractivity contribution in [2.24, 2.45) is 5.92 Å². The first-order valence-electron chi connectivity index (χ1n) is 6.82. The molecule has 1 aliphatic rings. The van der Waals surface area contributed by atoms with E-state index in [1.165, 1.54) is 0 Å². The molecule has 0 saturated carbocycles. The van der Waals surface area contributed by atoms with E-state index in [1.807, 2.05) is 25.1 Å². The molecule has 0 radical (unpaired) electrons. The maximum absolute atomic E-state index is 12.1. The fourth-order valence-electron chi connectivity index (χ4n) is 2.36. The van der Waals surface area contributed by atoms with Gasteiger partial charge in [-0.15, -0.1) is 0 Å². The van der Waals surface area contributed by atoms with E-state index < -0.39 is 0 Å². The molecular formula is C15H20BrNO3. The van der Waals surface area contributed by atoms with Crippen LogP contribution in [0.15, 0.2) is 22.7 Å². The van der Waals surface area contributed by atoms with Gasteiger partial charge >= 0.3 is 0 Å². The summed E-state index contributed by atoms with van der Waals surface area (Å²) in [5, 5.41) is 9.55. The molecule has 1 saturated heterocycles. The summed E-state index contributed by atoms with van der Waals surface area (Å²) in [5.74, 6) is 0.834. The fraction of sp³-hybridized carbons (Fsp3) is 0.533. The molecule has 1 amide bonds. The third kappa shape index (κ3) is 3.73. The van der Waals surface area contributed by atoms with Crippen molar-refractivity contribution in [1.82, 2.24) is 4.90 Å². The zero-order valence-electron chi connectivity index (χ0n) is 11.8. The highest BCUT2D eigenvalue weighted by atomic mass is 79.9. The first kappa shape index (κ1) is 15.3. The largest absolute Gasteiger partial charge is 0.483 e. The number of rotatable bonds is 4. The van der Waals surface area contributed by atoms with Crippen molar-refractivity contribution >= 4 is 21.8 Å². The number of nitrogens with zero attached hydrogens (tertiary/aromatic N) is 1. The second-order valence-electron chi connectivity index (χ2n) is 5.35. The summed E-state index contributed by atoms with van der Waals surface area (Å²) in [7, 11) is 0. The molecule has 4 nitrogen and oxygen atoms in total. The lowest BCUT2D eigenvalue weighted by Crippen LogP contribution is -2.34. The van der Waals surface area contributed by atoms with E-state index in [1.54, 1.807) is 11.8 Å². The predicted octanol–water partition coefficient (Wildman–Crippen LogP) is 2.37. The highest BCUT2D eigenvalue weighted by molar-refractivity contribution is 9.10. The average molecular weight is 342 g/mol. The van der Waals surface area contributed by atoms with Crippen molar-refractivity contribution in [3.8, 4) is 5.75 Å². The molecule has 5 heteroatoms. The van der Waals surface area contributed by atoms with Crippen LogP contribution in [0.4, 0.5) is 0 Å². The smallest absolute Gasteiger partial charge is 0.260 e. The number of hydrogen-bond donors (Lipinski definition) is 1. The Morgan fingerprint density at radius 3 is 2.95 bits per heavy atom. The van der Waals surface area contributed by atoms with Gasteiger partial charge in [-0.3, -0.25) is 4.79 Å². The van der Waals surface area contributed by atoms with Gasteiger partial charge < -0.3 is 14.7 Å². The number of aryl methyl sites for hydroxylation is 1. The predicted molar refractivity (Wildman–Crippen MR) is 80.7 cm³/mol. The van der Waals surface area contributed by atoms with Crippen molar-refractivity contribution in [1.29, 1.82) is 0 Å². The second kappa shape index (κ2) is 6.59. The van der Waals surface area contributed by atoms with Crippen LogP contribution in [-0.4, -0.2) is 41.7 Å². The van der Waals surface area contributed by atoms with Crippen molar-refractivity contribution in [2.45, 2.75) is 26.4 Å². The molecule has 0 aliphatic carbocycles. The highest BCUT2D eigenvalue weighted by Gasteiger charge is 2.29. The standard InChI is InChI=1S/C15H20BrNO3/c1-10-3-4-14(13(16)7-10)20-9-15(19)17-6-5-12(8-17)11(2)18/h3-4,7,11-12,18H,5-6,8-9H2,1-2H3. The number of aliphatic hydroxyl groups is 1. The third-order valence-corrected chi connectivity index (χ3v) is 4.32. The van der Waals surface area contributed by atoms with Crippen LogP contribution in [0.1, 0.15) is 18.9 Å². The Morgan fingerprint density at radius 1 is 1.60 bits per heavy atom. The Morgan fingerprint density at radius 2 is 2.35 bits per heavy atom. The number of amides is 1. The van der Waals surface area contributed by atoms with E-state index in [9.17, 15) is 9.90 Å². The zero-order chi connectivity index (χ0) is 14.7. The number of carbonyl (C=O) groups excluding carboxylic acids is 1. The molecule has 1 N–H and O–H groups in total. The van der Waals surface area contributed by atoms with Crippen LogP contribution in [0.3, 0.4) is 0 Å². The van der Waals surface area contributed by atoms with Crippen LogP contribution < -0.4 is 4.74 Å². The quantitative estimate of drug-likeness (QED) is 0.914. The van der Waals surface area contributed by atoms with E-state index in [0.29, 0.717) is 18.8 Å². The summed E-state index contributed by atoms with van der Waals surface area (Å²) < 4.78 is 6.42. The summed E-state index contributed by atoms with van der Waals surface area (Å²) >= 11 is 3.43. The maximum atomic E-state index is 12.1. The molecule has 1 aliphatic heterocycles. The van der Waals surface area contributed by atoms with Gasteiger partial charge in [-0.25, -0.2) is 0 Å². The van der Waals surface area contributed by atoms with Crippen molar-refractivity contribution in [3.05, 3.63) is 28.2 Å². The van der Waals surface area contributed by atoms with Crippen LogP contribution in [0, 0.1) is 12.8 Å². The van der Waals surface area contributed by atoms with Crippen molar-refractivity contribution < 1.29 is 14.6 Å². The Hall–Kier alpha value is -1.07. The number of halogens is 1. The Bertz CT molecular complexity index is 490. The molecule has 20 heavy (non-hydrogen) atoms. The fourth-order valence-corrected chi connectivity index (χ4v) is 2.97. The van der Waals surface area contributed by atoms with Gasteiger partial charge in [0, 0.05) is 19.0 Å². The molecule has 1 heterocycles. The van der Waals surface area contributed by atoms with Gasteiger partial charge in [-0.2, -0.15) is 0 Å². The van der Waals surface area contributed by atoms with Gasteiger partial charge in [-0.1, -0.05) is 6.07 Å². The Labute approximate surface area is 127 Å². The number of aliphatic hydroxyl groups excluding tert-OH is 1. The molecule has 2 rings (SSSR count). The van der Waals surface area contributed by atoms with Gasteiger partial charge in [-0.05, 0) is 53.9 Å². The van der Waals surface area contributed by atoms with E-state index in [2.05, 4.69) is 15.9 Å². The number of likely N-dealkylation sites (tertiary alicyclic amines) is 1. The van der Waals surface area contributed by atoms with Crippen molar-refractivity contribution in [2.75, 3.05) is 19.7 Å². The first-order valence-corrected chi connectivity index (χ1v) is 7.61. The number of benzene rings is 1. The average Bonchev–Trinajstić information content (AvgIpc) is 2.87. The lowest BCUT2D eigenvalue weighted by atomic mass is 10.0. The molecule has 110 valence electrons. The molecular weight excluding hydrogens is 322 g/mol. The van der Waals surface area contributed by atoms with Gasteiger partial charge in [0.1, 0.15) is 5.75 Å². The van der Waals surface area contributed by atoms with Gasteiger partial charge in [0.05, 0.1) is 10.6 Å². The molecule has 2 atom stereocenters. The molecule has 0 bridgehead atoms. The molecule has 1 aromatic rings. The van der Waals surface area contributed by atoms with E-state index in [-0.39, 0.29) is 24.5 Å². The lowest BCUT2D eigenvalue weighted by molar-refractivity contribution is -0.132. The van der Waals surface area contributed by atoms with Gasteiger partial charge in [0.15, 0.2) is 6.61 Å². The van der Waals surface area contributed by atoms with Crippen LogP contribution in [-0.2, 0) is 4.79 Å². The molecule has 1 aromatic carbocycles. The summed E-state index contributed by atoms with van der Waals surface area (Å²) in [6, 6.07) is 5.76. The maximum Gasteiger partial charge on any atom is 0.260 e. The SMILES string of the molecule is Cc1ccc(OCC(=O)N2CCC(C(C)O)C2)c(Br)c1. The van der Waals surface area contributed by atoms with Crippen LogP contribution in [0.25, 0.3) is 0 Å². The minimum Gasteiger partial charge on any atom is -0.483 e. The lowest BCUT2D eigenvalue weighted by Gasteiger charge is -2.18. The van der Waals surface area contributed by atoms with Gasteiger partial charge in [0.25, 0.3) is 5.91 Å². The molecule has 1 fully saturated rings. The highest BCUT2D eigenvalue weighted by Crippen LogP contribution is 2.26. The minimum absolute atomic E-state index is 0.0272. The van der Waals surface area contributed by atoms with E-state index in [4.69, 9.17) is 4.74 Å². The Kier molecular flexibility index (Phi) is 5.05. The summed E-state index contributed by atoms with van der Waals surface area (Å²) in [6.07, 6.45) is 0.498.